The molecule has 0 amide bonds. The molecule has 0 aliphatic rings. The number of rotatable bonds is 4. The van der Waals surface area contributed by atoms with Gasteiger partial charge in [0.05, 0.1) is 0 Å². The molecule has 3 aromatic rings. The molecule has 0 saturated carbocycles. The predicted molar refractivity (Wildman–Crippen MR) is 81.8 cm³/mol. The van der Waals surface area contributed by atoms with E-state index in [1.54, 1.807) is 12.1 Å². The number of carboxylic acid groups (broad SMARTS) is 1. The third kappa shape index (κ3) is 2.42. The Balaban J connectivity index is 2.15. The maximum absolute atomic E-state index is 11.3. The van der Waals surface area contributed by atoms with Gasteiger partial charge in [-0.15, -0.1) is 0 Å². The lowest BCUT2D eigenvalue weighted by atomic mass is 10.0. The summed E-state index contributed by atoms with van der Waals surface area (Å²) >= 11 is 0. The van der Waals surface area contributed by atoms with Crippen molar-refractivity contribution in [3.05, 3.63) is 71.0 Å². The highest BCUT2D eigenvalue weighted by atomic mass is 16.4. The SMILES string of the molecule is CCc1c(Cc2ccccc2)oc2c(C(=O)O)cccc12. The summed E-state index contributed by atoms with van der Waals surface area (Å²) in [5.74, 6) is -0.101. The average Bonchev–Trinajstić information content (AvgIpc) is 2.84. The average molecular weight is 280 g/mol. The number of fused-ring (bicyclic) bond motifs is 1. The maximum Gasteiger partial charge on any atom is 0.339 e. The van der Waals surface area contributed by atoms with Gasteiger partial charge in [0, 0.05) is 17.4 Å². The molecule has 0 fully saturated rings. The van der Waals surface area contributed by atoms with Gasteiger partial charge in [0.2, 0.25) is 0 Å². The number of furan rings is 1. The molecule has 0 unspecified atom stereocenters. The molecular formula is C18H16O3. The second-order valence-corrected chi connectivity index (χ2v) is 5.01. The summed E-state index contributed by atoms with van der Waals surface area (Å²) in [5, 5.41) is 10.2. The lowest BCUT2D eigenvalue weighted by Crippen LogP contribution is -1.95. The van der Waals surface area contributed by atoms with E-state index < -0.39 is 5.97 Å². The standard InChI is InChI=1S/C18H16O3/c1-2-13-14-9-6-10-15(18(19)20)17(14)21-16(13)11-12-7-4-3-5-8-12/h3-10H,2,11H2,1H3,(H,19,20). The van der Waals surface area contributed by atoms with Gasteiger partial charge in [0.1, 0.15) is 16.9 Å². The maximum atomic E-state index is 11.3. The van der Waals surface area contributed by atoms with Crippen molar-refractivity contribution < 1.29 is 14.3 Å². The van der Waals surface area contributed by atoms with Crippen LogP contribution in [0.2, 0.25) is 0 Å². The van der Waals surface area contributed by atoms with Crippen LogP contribution >= 0.6 is 0 Å². The summed E-state index contributed by atoms with van der Waals surface area (Å²) in [6, 6.07) is 15.3. The van der Waals surface area contributed by atoms with Crippen LogP contribution in [0.1, 0.15) is 34.2 Å². The predicted octanol–water partition coefficient (Wildman–Crippen LogP) is 4.28. The van der Waals surface area contributed by atoms with Crippen molar-refractivity contribution >= 4 is 16.9 Å². The molecule has 21 heavy (non-hydrogen) atoms. The van der Waals surface area contributed by atoms with E-state index in [0.717, 1.165) is 28.7 Å². The molecule has 1 N–H and O–H groups in total. The van der Waals surface area contributed by atoms with Crippen molar-refractivity contribution in [2.24, 2.45) is 0 Å². The van der Waals surface area contributed by atoms with E-state index in [9.17, 15) is 9.90 Å². The fourth-order valence-electron chi connectivity index (χ4n) is 2.70. The Morgan fingerprint density at radius 3 is 2.52 bits per heavy atom. The number of para-hydroxylation sites is 1. The summed E-state index contributed by atoms with van der Waals surface area (Å²) < 4.78 is 5.91. The number of hydrogen-bond donors (Lipinski definition) is 1. The first-order valence-electron chi connectivity index (χ1n) is 7.01. The van der Waals surface area contributed by atoms with Crippen LogP contribution < -0.4 is 0 Å². The van der Waals surface area contributed by atoms with Crippen molar-refractivity contribution in [1.29, 1.82) is 0 Å². The minimum Gasteiger partial charge on any atom is -0.478 e. The van der Waals surface area contributed by atoms with Gasteiger partial charge < -0.3 is 9.52 Å². The first-order chi connectivity index (χ1) is 10.2. The van der Waals surface area contributed by atoms with E-state index in [4.69, 9.17) is 4.42 Å². The van der Waals surface area contributed by atoms with Crippen molar-refractivity contribution in [3.63, 3.8) is 0 Å². The molecule has 0 aliphatic heterocycles. The molecule has 3 nitrogen and oxygen atoms in total. The molecule has 1 heterocycles. The quantitative estimate of drug-likeness (QED) is 0.775. The monoisotopic (exact) mass is 280 g/mol. The molecule has 0 spiro atoms. The van der Waals surface area contributed by atoms with Gasteiger partial charge in [-0.1, -0.05) is 49.4 Å². The largest absolute Gasteiger partial charge is 0.478 e. The number of aromatic carboxylic acids is 1. The van der Waals surface area contributed by atoms with Crippen molar-refractivity contribution in [1.82, 2.24) is 0 Å². The van der Waals surface area contributed by atoms with Crippen LogP contribution in [0, 0.1) is 0 Å². The van der Waals surface area contributed by atoms with Gasteiger partial charge in [-0.25, -0.2) is 4.79 Å². The van der Waals surface area contributed by atoms with E-state index in [1.165, 1.54) is 0 Å². The van der Waals surface area contributed by atoms with Crippen LogP contribution in [0.3, 0.4) is 0 Å². The van der Waals surface area contributed by atoms with E-state index in [1.807, 2.05) is 36.4 Å². The summed E-state index contributed by atoms with van der Waals surface area (Å²) in [5.41, 5.74) is 2.95. The molecule has 1 aromatic heterocycles. The van der Waals surface area contributed by atoms with Crippen molar-refractivity contribution in [2.45, 2.75) is 19.8 Å². The Bertz CT molecular complexity index is 785. The zero-order chi connectivity index (χ0) is 14.8. The minimum absolute atomic E-state index is 0.224. The molecule has 3 rings (SSSR count). The summed E-state index contributed by atoms with van der Waals surface area (Å²) in [6.45, 7) is 2.06. The zero-order valence-corrected chi connectivity index (χ0v) is 11.8. The van der Waals surface area contributed by atoms with Crippen LogP contribution in [0.5, 0.6) is 0 Å². The highest BCUT2D eigenvalue weighted by Gasteiger charge is 2.18. The summed E-state index contributed by atoms with van der Waals surface area (Å²) in [7, 11) is 0. The first-order valence-corrected chi connectivity index (χ1v) is 7.01. The van der Waals surface area contributed by atoms with Gasteiger partial charge in [-0.05, 0) is 18.1 Å². The van der Waals surface area contributed by atoms with Gasteiger partial charge >= 0.3 is 5.97 Å². The van der Waals surface area contributed by atoms with Crippen molar-refractivity contribution in [3.8, 4) is 0 Å². The van der Waals surface area contributed by atoms with Crippen LogP contribution in [0.25, 0.3) is 11.0 Å². The lowest BCUT2D eigenvalue weighted by Gasteiger charge is -2.00. The lowest BCUT2D eigenvalue weighted by molar-refractivity contribution is 0.0698. The molecule has 2 aromatic carbocycles. The number of carbonyl (C=O) groups is 1. The molecular weight excluding hydrogens is 264 g/mol. The van der Waals surface area contributed by atoms with Gasteiger partial charge in [-0.2, -0.15) is 0 Å². The highest BCUT2D eigenvalue weighted by Crippen LogP contribution is 2.30. The van der Waals surface area contributed by atoms with Crippen LogP contribution in [-0.2, 0) is 12.8 Å². The van der Waals surface area contributed by atoms with Crippen LogP contribution in [0.4, 0.5) is 0 Å². The molecule has 0 bridgehead atoms. The topological polar surface area (TPSA) is 50.4 Å². The van der Waals surface area contributed by atoms with E-state index in [2.05, 4.69) is 6.92 Å². The number of aryl methyl sites for hydroxylation is 1. The molecule has 0 atom stereocenters. The van der Waals surface area contributed by atoms with E-state index >= 15 is 0 Å². The Morgan fingerprint density at radius 2 is 1.86 bits per heavy atom. The van der Waals surface area contributed by atoms with Gasteiger partial charge in [0.25, 0.3) is 0 Å². The van der Waals surface area contributed by atoms with E-state index in [-0.39, 0.29) is 5.56 Å². The molecule has 106 valence electrons. The zero-order valence-electron chi connectivity index (χ0n) is 11.8. The smallest absolute Gasteiger partial charge is 0.339 e. The third-order valence-corrected chi connectivity index (χ3v) is 3.69. The molecule has 0 saturated heterocycles. The Morgan fingerprint density at radius 1 is 1.10 bits per heavy atom. The molecule has 0 radical (unpaired) electrons. The number of hydrogen-bond acceptors (Lipinski definition) is 2. The second kappa shape index (κ2) is 5.44. The molecule has 3 heteroatoms. The third-order valence-electron chi connectivity index (χ3n) is 3.69. The minimum atomic E-state index is -0.955. The Labute approximate surface area is 122 Å². The van der Waals surface area contributed by atoms with Gasteiger partial charge in [0.15, 0.2) is 0 Å². The van der Waals surface area contributed by atoms with Crippen LogP contribution in [0.15, 0.2) is 52.9 Å². The normalized spacial score (nSPS) is 10.9. The van der Waals surface area contributed by atoms with Crippen molar-refractivity contribution in [2.75, 3.05) is 0 Å². The second-order valence-electron chi connectivity index (χ2n) is 5.01. The highest BCUT2D eigenvalue weighted by molar-refractivity contribution is 6.02. The fraction of sp³-hybridized carbons (Fsp3) is 0.167. The number of benzene rings is 2. The Kier molecular flexibility index (Phi) is 3.48. The Hall–Kier alpha value is -2.55. The van der Waals surface area contributed by atoms with Gasteiger partial charge in [-0.3, -0.25) is 0 Å². The molecule has 0 aliphatic carbocycles. The summed E-state index contributed by atoms with van der Waals surface area (Å²) in [4.78, 5) is 11.3. The fourth-order valence-corrected chi connectivity index (χ4v) is 2.70. The van der Waals surface area contributed by atoms with E-state index in [0.29, 0.717) is 12.0 Å². The number of carboxylic acids is 1. The first kappa shape index (κ1) is 13.4. The van der Waals surface area contributed by atoms with Crippen LogP contribution in [-0.4, -0.2) is 11.1 Å². The summed E-state index contributed by atoms with van der Waals surface area (Å²) in [6.07, 6.45) is 1.50.